The molecule has 0 fully saturated rings. The number of rotatable bonds is 4. The third-order valence-electron chi connectivity index (χ3n) is 2.09. The van der Waals surface area contributed by atoms with Crippen molar-refractivity contribution in [1.29, 1.82) is 0 Å². The van der Waals surface area contributed by atoms with Crippen molar-refractivity contribution in [2.45, 2.75) is 13.0 Å². The minimum Gasteiger partial charge on any atom is -0.483 e. The molecule has 0 saturated heterocycles. The summed E-state index contributed by atoms with van der Waals surface area (Å²) in [6.45, 7) is 1.25. The van der Waals surface area contributed by atoms with Gasteiger partial charge in [0.1, 0.15) is 11.6 Å². The van der Waals surface area contributed by atoms with E-state index in [4.69, 9.17) is 16.2 Å². The van der Waals surface area contributed by atoms with Gasteiger partial charge in [-0.2, -0.15) is 0 Å². The van der Waals surface area contributed by atoms with Gasteiger partial charge < -0.3 is 16.2 Å². The number of carbonyl (C=O) groups is 2. The molecule has 6 nitrogen and oxygen atoms in total. The highest BCUT2D eigenvalue weighted by atomic mass is 19.1. The normalized spacial score (nSPS) is 11.7. The molecule has 0 bridgehead atoms. The van der Waals surface area contributed by atoms with Crippen LogP contribution in [-0.4, -0.2) is 18.5 Å². The Kier molecular flexibility index (Phi) is 4.61. The van der Waals surface area contributed by atoms with Crippen LogP contribution in [0.15, 0.2) is 18.2 Å². The van der Waals surface area contributed by atoms with E-state index in [-0.39, 0.29) is 11.8 Å². The van der Waals surface area contributed by atoms with Gasteiger partial charge in [0.2, 0.25) is 0 Å². The van der Waals surface area contributed by atoms with E-state index in [0.29, 0.717) is 5.56 Å². The number of carbonyl (C=O) groups excluding carboxylic acids is 2. The average Bonchev–Trinajstić information content (AvgIpc) is 2.25. The van der Waals surface area contributed by atoms with Crippen LogP contribution in [0.3, 0.4) is 0 Å². The number of primary amides is 1. The van der Waals surface area contributed by atoms with Gasteiger partial charge in [0.05, 0.1) is 0 Å². The Hall–Kier alpha value is -2.15. The number of ether oxygens (including phenoxy) is 1. The third kappa shape index (κ3) is 4.02. The first-order valence-electron chi connectivity index (χ1n) is 5.17. The zero-order chi connectivity index (χ0) is 13.7. The zero-order valence-electron chi connectivity index (χ0n) is 9.77. The van der Waals surface area contributed by atoms with Crippen molar-refractivity contribution < 1.29 is 18.7 Å². The second-order valence-electron chi connectivity index (χ2n) is 3.67. The lowest BCUT2D eigenvalue weighted by Gasteiger charge is -2.13. The van der Waals surface area contributed by atoms with Crippen LogP contribution in [0.2, 0.25) is 0 Å². The largest absolute Gasteiger partial charge is 0.483 e. The highest BCUT2D eigenvalue weighted by molar-refractivity contribution is 5.94. The first-order valence-corrected chi connectivity index (χ1v) is 5.17. The smallest absolute Gasteiger partial charge is 0.318 e. The van der Waals surface area contributed by atoms with E-state index in [9.17, 15) is 14.0 Å². The lowest BCUT2D eigenvalue weighted by atomic mass is 10.1. The van der Waals surface area contributed by atoms with Crippen molar-refractivity contribution in [3.05, 3.63) is 29.6 Å². The molecule has 0 aliphatic rings. The van der Waals surface area contributed by atoms with Gasteiger partial charge in [-0.3, -0.25) is 10.1 Å². The maximum Gasteiger partial charge on any atom is 0.318 e. The summed E-state index contributed by atoms with van der Waals surface area (Å²) < 4.78 is 18.2. The number of benzene rings is 1. The molecule has 0 heterocycles. The summed E-state index contributed by atoms with van der Waals surface area (Å²) in [6.07, 6.45) is 0. The Morgan fingerprint density at radius 2 is 2.17 bits per heavy atom. The molecule has 1 aromatic rings. The molecule has 98 valence electrons. The molecular formula is C11H14FN3O3. The third-order valence-corrected chi connectivity index (χ3v) is 2.09. The monoisotopic (exact) mass is 255 g/mol. The number of urea groups is 1. The van der Waals surface area contributed by atoms with Crippen molar-refractivity contribution in [3.8, 4) is 5.75 Å². The zero-order valence-corrected chi connectivity index (χ0v) is 9.77. The Morgan fingerprint density at radius 3 is 2.72 bits per heavy atom. The first kappa shape index (κ1) is 13.9. The predicted octanol–water partition coefficient (Wildman–Crippen LogP) is 0.419. The van der Waals surface area contributed by atoms with Crippen LogP contribution in [0.5, 0.6) is 5.75 Å². The summed E-state index contributed by atoms with van der Waals surface area (Å²) in [5, 5.41) is 1.83. The quantitative estimate of drug-likeness (QED) is 0.724. The molecule has 1 unspecified atom stereocenters. The summed E-state index contributed by atoms with van der Waals surface area (Å²) in [7, 11) is 0. The van der Waals surface area contributed by atoms with Gasteiger partial charge in [0.25, 0.3) is 5.91 Å². The Labute approximate surface area is 103 Å². The fraction of sp³-hybridized carbons (Fsp3) is 0.273. The van der Waals surface area contributed by atoms with E-state index >= 15 is 0 Å². The number of halogens is 1. The van der Waals surface area contributed by atoms with Gasteiger partial charge in [-0.15, -0.1) is 0 Å². The van der Waals surface area contributed by atoms with Gasteiger partial charge in [-0.1, -0.05) is 6.07 Å². The van der Waals surface area contributed by atoms with Crippen molar-refractivity contribution in [1.82, 2.24) is 5.32 Å². The molecule has 1 aromatic carbocycles. The highest BCUT2D eigenvalue weighted by Gasteiger charge is 2.11. The van der Waals surface area contributed by atoms with E-state index in [1.165, 1.54) is 12.1 Å². The van der Waals surface area contributed by atoms with Gasteiger partial charge in [-0.25, -0.2) is 9.18 Å². The van der Waals surface area contributed by atoms with Crippen LogP contribution in [-0.2, 0) is 4.79 Å². The lowest BCUT2D eigenvalue weighted by Crippen LogP contribution is -2.38. The topological polar surface area (TPSA) is 107 Å². The van der Waals surface area contributed by atoms with Crippen LogP contribution < -0.4 is 21.5 Å². The number of hydrogen-bond acceptors (Lipinski definition) is 4. The molecule has 5 N–H and O–H groups in total. The average molecular weight is 255 g/mol. The first-order chi connectivity index (χ1) is 8.40. The summed E-state index contributed by atoms with van der Waals surface area (Å²) in [4.78, 5) is 21.5. The Bertz CT molecular complexity index is 463. The molecule has 0 spiro atoms. The number of hydrogen-bond donors (Lipinski definition) is 3. The highest BCUT2D eigenvalue weighted by Crippen LogP contribution is 2.24. The molecular weight excluding hydrogens is 241 g/mol. The van der Waals surface area contributed by atoms with Crippen LogP contribution in [0, 0.1) is 5.82 Å². The summed E-state index contributed by atoms with van der Waals surface area (Å²) >= 11 is 0. The number of amides is 3. The number of imide groups is 1. The molecule has 18 heavy (non-hydrogen) atoms. The van der Waals surface area contributed by atoms with E-state index in [1.54, 1.807) is 6.92 Å². The minimum atomic E-state index is -0.977. The molecule has 0 aliphatic heterocycles. The molecule has 0 radical (unpaired) electrons. The van der Waals surface area contributed by atoms with E-state index in [0.717, 1.165) is 6.07 Å². The van der Waals surface area contributed by atoms with E-state index in [2.05, 4.69) is 0 Å². The number of nitrogens with one attached hydrogen (secondary N) is 1. The molecule has 3 amide bonds. The summed E-state index contributed by atoms with van der Waals surface area (Å²) in [5.74, 6) is -1.07. The van der Waals surface area contributed by atoms with Crippen molar-refractivity contribution >= 4 is 11.9 Å². The molecule has 1 atom stereocenters. The van der Waals surface area contributed by atoms with Gasteiger partial charge >= 0.3 is 6.03 Å². The minimum absolute atomic E-state index is 0.157. The number of nitrogens with two attached hydrogens (primary N) is 2. The molecule has 0 aliphatic carbocycles. The summed E-state index contributed by atoms with van der Waals surface area (Å²) in [6, 6.07) is 2.49. The van der Waals surface area contributed by atoms with Crippen molar-refractivity contribution in [3.63, 3.8) is 0 Å². The van der Waals surface area contributed by atoms with Crippen LogP contribution in [0.1, 0.15) is 18.5 Å². The van der Waals surface area contributed by atoms with Crippen molar-refractivity contribution in [2.75, 3.05) is 6.61 Å². The van der Waals surface area contributed by atoms with E-state index in [1.807, 2.05) is 5.32 Å². The van der Waals surface area contributed by atoms with Crippen LogP contribution in [0.4, 0.5) is 9.18 Å². The maximum absolute atomic E-state index is 13.0. The van der Waals surface area contributed by atoms with Gasteiger partial charge in [0.15, 0.2) is 6.61 Å². The van der Waals surface area contributed by atoms with Gasteiger partial charge in [-0.05, 0) is 13.0 Å². The second-order valence-corrected chi connectivity index (χ2v) is 3.67. The standard InChI is InChI=1S/C11H14FN3O3/c1-6(13)8-3-2-7(12)4-9(8)18-5-10(16)15-11(14)17/h2-4,6H,5,13H2,1H3,(H3,14,15,16,17). The molecule has 1 rings (SSSR count). The predicted molar refractivity (Wildman–Crippen MR) is 62.2 cm³/mol. The van der Waals surface area contributed by atoms with E-state index < -0.39 is 24.4 Å². The van der Waals surface area contributed by atoms with Crippen LogP contribution in [0.25, 0.3) is 0 Å². The molecule has 0 saturated carbocycles. The lowest BCUT2D eigenvalue weighted by molar-refractivity contribution is -0.121. The molecule has 7 heteroatoms. The Morgan fingerprint density at radius 1 is 1.50 bits per heavy atom. The van der Waals surface area contributed by atoms with Crippen molar-refractivity contribution in [2.24, 2.45) is 11.5 Å². The fourth-order valence-corrected chi connectivity index (χ4v) is 1.33. The maximum atomic E-state index is 13.0. The van der Waals surface area contributed by atoms with Crippen LogP contribution >= 0.6 is 0 Å². The second kappa shape index (κ2) is 5.97. The Balaban J connectivity index is 2.74. The fourth-order valence-electron chi connectivity index (χ4n) is 1.33. The SMILES string of the molecule is CC(N)c1ccc(F)cc1OCC(=O)NC(N)=O. The summed E-state index contributed by atoms with van der Waals surface area (Å²) in [5.41, 5.74) is 11.0. The molecule has 0 aromatic heterocycles. The van der Waals surface area contributed by atoms with Gasteiger partial charge in [0, 0.05) is 17.7 Å².